The van der Waals surface area contributed by atoms with Crippen molar-refractivity contribution in [2.45, 2.75) is 44.8 Å². The van der Waals surface area contributed by atoms with E-state index in [0.29, 0.717) is 12.8 Å². The maximum Gasteiger partial charge on any atom is 0.366 e. The standard InChI is InChI=1S/C16H20O5/c1-3-8-13(4-2)20-15(19)16(11-17,12-18)21-14-9-6-5-7-10-14/h5-7,9-13H,3-4,8H2,1-2H3. The van der Waals surface area contributed by atoms with Gasteiger partial charge in [0.05, 0.1) is 0 Å². The van der Waals surface area contributed by atoms with Gasteiger partial charge in [0.2, 0.25) is 0 Å². The molecule has 114 valence electrons. The van der Waals surface area contributed by atoms with Gasteiger partial charge in [-0.3, -0.25) is 9.59 Å². The zero-order valence-corrected chi connectivity index (χ0v) is 12.3. The number of carbonyl (C=O) groups excluding carboxylic acids is 3. The lowest BCUT2D eigenvalue weighted by Gasteiger charge is -2.24. The van der Waals surface area contributed by atoms with Crippen molar-refractivity contribution in [3.63, 3.8) is 0 Å². The number of benzene rings is 1. The summed E-state index contributed by atoms with van der Waals surface area (Å²) in [5.41, 5.74) is -2.25. The summed E-state index contributed by atoms with van der Waals surface area (Å²) in [4.78, 5) is 34.7. The molecule has 0 radical (unpaired) electrons. The Balaban J connectivity index is 2.90. The molecule has 5 heteroatoms. The molecule has 0 amide bonds. The van der Waals surface area contributed by atoms with Crippen LogP contribution in [-0.4, -0.2) is 30.2 Å². The highest BCUT2D eigenvalue weighted by Gasteiger charge is 2.44. The summed E-state index contributed by atoms with van der Waals surface area (Å²) in [6.07, 6.45) is 2.13. The van der Waals surface area contributed by atoms with E-state index in [2.05, 4.69) is 0 Å². The third kappa shape index (κ3) is 4.41. The average Bonchev–Trinajstić information content (AvgIpc) is 2.53. The zero-order chi connectivity index (χ0) is 15.7. The van der Waals surface area contributed by atoms with Gasteiger partial charge in [-0.25, -0.2) is 4.79 Å². The van der Waals surface area contributed by atoms with Crippen molar-refractivity contribution in [2.24, 2.45) is 0 Å². The molecule has 5 nitrogen and oxygen atoms in total. The minimum Gasteiger partial charge on any atom is -0.461 e. The third-order valence-corrected chi connectivity index (χ3v) is 3.04. The van der Waals surface area contributed by atoms with Gasteiger partial charge in [0.25, 0.3) is 0 Å². The quantitative estimate of drug-likeness (QED) is 0.397. The van der Waals surface area contributed by atoms with Gasteiger partial charge >= 0.3 is 11.6 Å². The molecule has 0 spiro atoms. The van der Waals surface area contributed by atoms with Crippen molar-refractivity contribution in [1.82, 2.24) is 0 Å². The van der Waals surface area contributed by atoms with Crippen LogP contribution in [0.15, 0.2) is 30.3 Å². The summed E-state index contributed by atoms with van der Waals surface area (Å²) < 4.78 is 10.5. The van der Waals surface area contributed by atoms with E-state index in [0.717, 1.165) is 6.42 Å². The van der Waals surface area contributed by atoms with Crippen molar-refractivity contribution >= 4 is 18.5 Å². The highest BCUT2D eigenvalue weighted by atomic mass is 16.6. The second-order valence-corrected chi connectivity index (χ2v) is 4.67. The molecule has 0 aromatic heterocycles. The molecule has 0 aliphatic rings. The van der Waals surface area contributed by atoms with Crippen molar-refractivity contribution < 1.29 is 23.9 Å². The second-order valence-electron chi connectivity index (χ2n) is 4.67. The molecule has 1 aromatic rings. The van der Waals surface area contributed by atoms with Crippen LogP contribution < -0.4 is 4.74 Å². The van der Waals surface area contributed by atoms with Crippen LogP contribution in [0.4, 0.5) is 0 Å². The SMILES string of the molecule is CCCC(CC)OC(=O)C(C=O)(C=O)Oc1ccccc1. The van der Waals surface area contributed by atoms with E-state index in [1.165, 1.54) is 0 Å². The van der Waals surface area contributed by atoms with Crippen LogP contribution >= 0.6 is 0 Å². The van der Waals surface area contributed by atoms with Crippen LogP contribution in [0.1, 0.15) is 33.1 Å². The lowest BCUT2D eigenvalue weighted by Crippen LogP contribution is -2.50. The molecule has 1 unspecified atom stereocenters. The molecule has 0 aliphatic heterocycles. The number of carbonyl (C=O) groups is 3. The first-order valence-corrected chi connectivity index (χ1v) is 6.99. The Morgan fingerprint density at radius 1 is 1.19 bits per heavy atom. The molecule has 0 saturated carbocycles. The lowest BCUT2D eigenvalue weighted by atomic mass is 10.1. The Morgan fingerprint density at radius 2 is 1.81 bits per heavy atom. The fourth-order valence-corrected chi connectivity index (χ4v) is 1.81. The van der Waals surface area contributed by atoms with Gasteiger partial charge in [0.15, 0.2) is 12.6 Å². The van der Waals surface area contributed by atoms with Gasteiger partial charge in [0.1, 0.15) is 11.9 Å². The molecular formula is C16H20O5. The van der Waals surface area contributed by atoms with Crippen molar-refractivity contribution in [1.29, 1.82) is 0 Å². The Morgan fingerprint density at radius 3 is 2.29 bits per heavy atom. The summed E-state index contributed by atoms with van der Waals surface area (Å²) in [6.45, 7) is 3.83. The topological polar surface area (TPSA) is 69.7 Å². The first-order valence-electron chi connectivity index (χ1n) is 6.99. The van der Waals surface area contributed by atoms with E-state index >= 15 is 0 Å². The van der Waals surface area contributed by atoms with Gasteiger partial charge in [-0.1, -0.05) is 38.5 Å². The first kappa shape index (κ1) is 16.9. The molecule has 1 atom stereocenters. The van der Waals surface area contributed by atoms with E-state index < -0.39 is 11.6 Å². The Labute approximate surface area is 124 Å². The van der Waals surface area contributed by atoms with E-state index in [-0.39, 0.29) is 24.4 Å². The van der Waals surface area contributed by atoms with Gasteiger partial charge in [-0.15, -0.1) is 0 Å². The number of rotatable bonds is 9. The second kappa shape index (κ2) is 8.19. The fraction of sp³-hybridized carbons (Fsp3) is 0.438. The summed E-state index contributed by atoms with van der Waals surface area (Å²) in [6, 6.07) is 8.21. The summed E-state index contributed by atoms with van der Waals surface area (Å²) >= 11 is 0. The van der Waals surface area contributed by atoms with E-state index in [9.17, 15) is 14.4 Å². The molecule has 0 heterocycles. The number of para-hydroxylation sites is 1. The highest BCUT2D eigenvalue weighted by Crippen LogP contribution is 2.19. The van der Waals surface area contributed by atoms with E-state index in [1.807, 2.05) is 13.8 Å². The molecule has 0 saturated heterocycles. The summed E-state index contributed by atoms with van der Waals surface area (Å²) in [5, 5.41) is 0. The summed E-state index contributed by atoms with van der Waals surface area (Å²) in [7, 11) is 0. The number of hydrogen-bond acceptors (Lipinski definition) is 5. The zero-order valence-electron chi connectivity index (χ0n) is 12.3. The van der Waals surface area contributed by atoms with E-state index in [1.54, 1.807) is 30.3 Å². The molecular weight excluding hydrogens is 272 g/mol. The molecule has 0 N–H and O–H groups in total. The van der Waals surface area contributed by atoms with Crippen LogP contribution in [0.5, 0.6) is 5.75 Å². The van der Waals surface area contributed by atoms with Gasteiger partial charge < -0.3 is 9.47 Å². The molecule has 0 aliphatic carbocycles. The Bertz CT molecular complexity index is 461. The average molecular weight is 292 g/mol. The van der Waals surface area contributed by atoms with Crippen LogP contribution in [0, 0.1) is 0 Å². The molecule has 1 aromatic carbocycles. The van der Waals surface area contributed by atoms with Crippen molar-refractivity contribution in [3.05, 3.63) is 30.3 Å². The minimum atomic E-state index is -2.25. The third-order valence-electron chi connectivity index (χ3n) is 3.04. The number of aldehydes is 2. The fourth-order valence-electron chi connectivity index (χ4n) is 1.81. The van der Waals surface area contributed by atoms with Gasteiger partial charge in [0, 0.05) is 0 Å². The molecule has 21 heavy (non-hydrogen) atoms. The largest absolute Gasteiger partial charge is 0.461 e. The van der Waals surface area contributed by atoms with Crippen LogP contribution in [0.25, 0.3) is 0 Å². The maximum atomic E-state index is 12.2. The van der Waals surface area contributed by atoms with Crippen LogP contribution in [0.3, 0.4) is 0 Å². The number of hydrogen-bond donors (Lipinski definition) is 0. The summed E-state index contributed by atoms with van der Waals surface area (Å²) in [5.74, 6) is -0.728. The lowest BCUT2D eigenvalue weighted by molar-refractivity contribution is -0.169. The minimum absolute atomic E-state index is 0.175. The monoisotopic (exact) mass is 292 g/mol. The normalized spacial score (nSPS) is 12.3. The Hall–Kier alpha value is -2.17. The smallest absolute Gasteiger partial charge is 0.366 e. The van der Waals surface area contributed by atoms with E-state index in [4.69, 9.17) is 9.47 Å². The number of ether oxygens (including phenoxy) is 2. The number of esters is 1. The predicted octanol–water partition coefficient (Wildman–Crippen LogP) is 2.32. The van der Waals surface area contributed by atoms with Crippen molar-refractivity contribution in [3.8, 4) is 5.75 Å². The molecule has 1 rings (SSSR count). The highest BCUT2D eigenvalue weighted by molar-refractivity contribution is 6.12. The van der Waals surface area contributed by atoms with Gasteiger partial charge in [-0.05, 0) is 25.0 Å². The van der Waals surface area contributed by atoms with Crippen molar-refractivity contribution in [2.75, 3.05) is 0 Å². The maximum absolute atomic E-state index is 12.2. The molecule has 0 bridgehead atoms. The predicted molar refractivity (Wildman–Crippen MR) is 77.0 cm³/mol. The van der Waals surface area contributed by atoms with Crippen LogP contribution in [-0.2, 0) is 19.1 Å². The van der Waals surface area contributed by atoms with Crippen LogP contribution in [0.2, 0.25) is 0 Å². The first-order chi connectivity index (χ1) is 10.1. The molecule has 0 fully saturated rings. The Kier molecular flexibility index (Phi) is 6.59. The van der Waals surface area contributed by atoms with Gasteiger partial charge in [-0.2, -0.15) is 0 Å².